The maximum atomic E-state index is 12.7. The molecule has 0 amide bonds. The van der Waals surface area contributed by atoms with E-state index < -0.39 is 17.7 Å². The molecule has 3 aromatic rings. The molecule has 0 radical (unpaired) electrons. The van der Waals surface area contributed by atoms with Gasteiger partial charge in [0.05, 0.1) is 11.3 Å². The number of carbonyl (C=O) groups excluding carboxylic acids is 1. The molecule has 3 nitrogen and oxygen atoms in total. The van der Waals surface area contributed by atoms with E-state index in [-0.39, 0.29) is 12.2 Å². The second kappa shape index (κ2) is 8.18. The van der Waals surface area contributed by atoms with Gasteiger partial charge in [0.1, 0.15) is 11.6 Å². The Morgan fingerprint density at radius 3 is 2.63 bits per heavy atom. The minimum absolute atomic E-state index is 0.00486. The van der Waals surface area contributed by atoms with Crippen molar-refractivity contribution in [3.05, 3.63) is 82.9 Å². The smallest absolute Gasteiger partial charge is 0.416 e. The van der Waals surface area contributed by atoms with Gasteiger partial charge in [-0.2, -0.15) is 13.2 Å². The average Bonchev–Trinajstić information content (AvgIpc) is 3.14. The first-order valence-corrected chi connectivity index (χ1v) is 8.82. The van der Waals surface area contributed by atoms with E-state index in [2.05, 4.69) is 4.98 Å². The molecular weight excluding hydrogens is 375 g/mol. The van der Waals surface area contributed by atoms with E-state index in [4.69, 9.17) is 4.74 Å². The minimum atomic E-state index is -4.43. The van der Waals surface area contributed by atoms with Crippen LogP contribution in [0.1, 0.15) is 16.8 Å². The van der Waals surface area contributed by atoms with Crippen molar-refractivity contribution in [2.24, 2.45) is 0 Å². The van der Waals surface area contributed by atoms with Crippen LogP contribution in [0.25, 0.3) is 16.6 Å². The Morgan fingerprint density at radius 1 is 1.11 bits per heavy atom. The third-order valence-corrected chi connectivity index (χ3v) is 4.50. The number of esters is 1. The SMILES string of the molecule is O=C(/C=C/c1cccc(C(F)(F)F)c1)OCc1csc(-c2ccccc2)n1. The number of benzene rings is 2. The summed E-state index contributed by atoms with van der Waals surface area (Å²) in [6.45, 7) is -0.00486. The standard InChI is InChI=1S/C20H14F3NO2S/c21-20(22,23)16-8-4-5-14(11-16)9-10-18(25)26-12-17-13-27-19(24-17)15-6-2-1-3-7-15/h1-11,13H,12H2/b10-9+. The van der Waals surface area contributed by atoms with Crippen LogP contribution in [-0.4, -0.2) is 11.0 Å². The van der Waals surface area contributed by atoms with Crippen molar-refractivity contribution < 1.29 is 22.7 Å². The third-order valence-electron chi connectivity index (χ3n) is 3.56. The molecule has 0 saturated carbocycles. The number of thiazole rings is 1. The quantitative estimate of drug-likeness (QED) is 0.422. The summed E-state index contributed by atoms with van der Waals surface area (Å²) in [5.74, 6) is -0.651. The van der Waals surface area contributed by atoms with Gasteiger partial charge in [-0.15, -0.1) is 11.3 Å². The van der Waals surface area contributed by atoms with Crippen LogP contribution in [0.5, 0.6) is 0 Å². The van der Waals surface area contributed by atoms with Crippen LogP contribution >= 0.6 is 11.3 Å². The lowest BCUT2D eigenvalue weighted by Crippen LogP contribution is -2.04. The molecule has 0 aliphatic rings. The van der Waals surface area contributed by atoms with Gasteiger partial charge in [0, 0.05) is 17.0 Å². The molecule has 27 heavy (non-hydrogen) atoms. The normalized spacial score (nSPS) is 11.7. The van der Waals surface area contributed by atoms with Gasteiger partial charge >= 0.3 is 12.1 Å². The van der Waals surface area contributed by atoms with Gasteiger partial charge < -0.3 is 4.74 Å². The average molecular weight is 389 g/mol. The van der Waals surface area contributed by atoms with E-state index in [0.29, 0.717) is 5.69 Å². The van der Waals surface area contributed by atoms with E-state index in [1.54, 1.807) is 5.38 Å². The molecule has 138 valence electrons. The topological polar surface area (TPSA) is 39.2 Å². The summed E-state index contributed by atoms with van der Waals surface area (Å²) < 4.78 is 43.1. The van der Waals surface area contributed by atoms with Crippen LogP contribution in [0, 0.1) is 0 Å². The van der Waals surface area contributed by atoms with E-state index >= 15 is 0 Å². The second-order valence-electron chi connectivity index (χ2n) is 5.57. The molecule has 1 heterocycles. The summed E-state index contributed by atoms with van der Waals surface area (Å²) in [6.07, 6.45) is -2.04. The summed E-state index contributed by atoms with van der Waals surface area (Å²) in [5, 5.41) is 2.62. The van der Waals surface area contributed by atoms with Crippen LogP contribution < -0.4 is 0 Å². The molecule has 3 rings (SSSR count). The van der Waals surface area contributed by atoms with E-state index in [1.807, 2.05) is 30.3 Å². The fraction of sp³-hybridized carbons (Fsp3) is 0.100. The van der Waals surface area contributed by atoms with Gasteiger partial charge in [0.2, 0.25) is 0 Å². The zero-order valence-electron chi connectivity index (χ0n) is 13.9. The number of hydrogen-bond acceptors (Lipinski definition) is 4. The number of aromatic nitrogens is 1. The predicted molar refractivity (Wildman–Crippen MR) is 97.8 cm³/mol. The van der Waals surface area contributed by atoms with Crippen LogP contribution in [0.2, 0.25) is 0 Å². The van der Waals surface area contributed by atoms with Crippen molar-refractivity contribution in [3.8, 4) is 10.6 Å². The van der Waals surface area contributed by atoms with E-state index in [1.165, 1.54) is 29.5 Å². The number of alkyl halides is 3. The van der Waals surface area contributed by atoms with Gasteiger partial charge in [-0.25, -0.2) is 9.78 Å². The number of rotatable bonds is 5. The van der Waals surface area contributed by atoms with E-state index in [9.17, 15) is 18.0 Å². The Kier molecular flexibility index (Phi) is 5.71. The van der Waals surface area contributed by atoms with Gasteiger partial charge in [-0.05, 0) is 23.8 Å². The Labute approximate surface area is 157 Å². The highest BCUT2D eigenvalue weighted by Crippen LogP contribution is 2.29. The third kappa shape index (κ3) is 5.27. The monoisotopic (exact) mass is 389 g/mol. The molecule has 0 aliphatic carbocycles. The summed E-state index contributed by atoms with van der Waals surface area (Å²) in [6, 6.07) is 14.3. The van der Waals surface area contributed by atoms with Crippen molar-refractivity contribution in [2.45, 2.75) is 12.8 Å². The molecule has 0 spiro atoms. The molecule has 2 aromatic carbocycles. The highest BCUT2D eigenvalue weighted by Gasteiger charge is 2.30. The van der Waals surface area contributed by atoms with Gasteiger partial charge in [0.15, 0.2) is 0 Å². The largest absolute Gasteiger partial charge is 0.456 e. The maximum Gasteiger partial charge on any atom is 0.416 e. The van der Waals surface area contributed by atoms with Crippen molar-refractivity contribution in [2.75, 3.05) is 0 Å². The van der Waals surface area contributed by atoms with Gasteiger partial charge in [-0.1, -0.05) is 42.5 Å². The molecule has 0 N–H and O–H groups in total. The molecule has 1 aromatic heterocycles. The van der Waals surface area contributed by atoms with Crippen LogP contribution in [-0.2, 0) is 22.3 Å². The first kappa shape index (κ1) is 18.8. The van der Waals surface area contributed by atoms with Crippen LogP contribution in [0.4, 0.5) is 13.2 Å². The Hall–Kier alpha value is -2.93. The zero-order chi connectivity index (χ0) is 19.3. The summed E-state index contributed by atoms with van der Waals surface area (Å²) in [5.41, 5.74) is 1.08. The number of ether oxygens (including phenoxy) is 1. The summed E-state index contributed by atoms with van der Waals surface area (Å²) in [4.78, 5) is 16.2. The number of nitrogens with zero attached hydrogens (tertiary/aromatic N) is 1. The minimum Gasteiger partial charge on any atom is -0.456 e. The van der Waals surface area contributed by atoms with Crippen LogP contribution in [0.3, 0.4) is 0 Å². The molecule has 7 heteroatoms. The highest BCUT2D eigenvalue weighted by atomic mass is 32.1. The van der Waals surface area contributed by atoms with Crippen molar-refractivity contribution in [3.63, 3.8) is 0 Å². The molecule has 0 unspecified atom stereocenters. The van der Waals surface area contributed by atoms with Gasteiger partial charge in [0.25, 0.3) is 0 Å². The Morgan fingerprint density at radius 2 is 1.89 bits per heavy atom. The number of hydrogen-bond donors (Lipinski definition) is 0. The zero-order valence-corrected chi connectivity index (χ0v) is 14.8. The van der Waals surface area contributed by atoms with Crippen molar-refractivity contribution in [1.29, 1.82) is 0 Å². The molecule has 0 atom stereocenters. The highest BCUT2D eigenvalue weighted by molar-refractivity contribution is 7.13. The fourth-order valence-electron chi connectivity index (χ4n) is 2.26. The lowest BCUT2D eigenvalue weighted by molar-refractivity contribution is -0.139. The maximum absolute atomic E-state index is 12.7. The Balaban J connectivity index is 1.57. The first-order chi connectivity index (χ1) is 12.9. The number of carbonyl (C=O) groups is 1. The van der Waals surface area contributed by atoms with Crippen molar-refractivity contribution >= 4 is 23.4 Å². The van der Waals surface area contributed by atoms with Crippen molar-refractivity contribution in [1.82, 2.24) is 4.98 Å². The lowest BCUT2D eigenvalue weighted by Gasteiger charge is -2.06. The summed E-state index contributed by atoms with van der Waals surface area (Å²) >= 11 is 1.44. The van der Waals surface area contributed by atoms with E-state index in [0.717, 1.165) is 28.8 Å². The van der Waals surface area contributed by atoms with Gasteiger partial charge in [-0.3, -0.25) is 0 Å². The Bertz CT molecular complexity index is 949. The van der Waals surface area contributed by atoms with Crippen LogP contribution in [0.15, 0.2) is 66.1 Å². The number of halogens is 3. The molecular formula is C20H14F3NO2S. The summed E-state index contributed by atoms with van der Waals surface area (Å²) in [7, 11) is 0. The second-order valence-corrected chi connectivity index (χ2v) is 6.43. The predicted octanol–water partition coefficient (Wildman–Crippen LogP) is 5.59. The first-order valence-electron chi connectivity index (χ1n) is 7.94. The fourth-order valence-corrected chi connectivity index (χ4v) is 3.07. The molecule has 0 bridgehead atoms. The lowest BCUT2D eigenvalue weighted by atomic mass is 10.1. The molecule has 0 aliphatic heterocycles. The molecule has 0 fully saturated rings. The molecule has 0 saturated heterocycles.